The first-order chi connectivity index (χ1) is 12.0. The molecule has 6 nitrogen and oxygen atoms in total. The molecule has 2 aromatic carbocycles. The van der Waals surface area contributed by atoms with Gasteiger partial charge < -0.3 is 10.1 Å². The molecule has 2 N–H and O–H groups in total. The van der Waals surface area contributed by atoms with E-state index >= 15 is 0 Å². The predicted molar refractivity (Wildman–Crippen MR) is 97.4 cm³/mol. The van der Waals surface area contributed by atoms with Gasteiger partial charge in [0, 0.05) is 11.2 Å². The standard InChI is InChI=1S/C18H21FN2O4S/c1-18(2,3)21-26(23,24)14-7-5-6-13(11-14)20-17(22)15-10-12(19)8-9-16(15)25-4/h5-11,21H,1-4H3,(H,20,22). The van der Waals surface area contributed by atoms with E-state index in [9.17, 15) is 17.6 Å². The number of halogens is 1. The predicted octanol–water partition coefficient (Wildman–Crippen LogP) is 3.16. The molecule has 140 valence electrons. The Balaban J connectivity index is 2.29. The van der Waals surface area contributed by atoms with Gasteiger partial charge in [0.15, 0.2) is 0 Å². The van der Waals surface area contributed by atoms with Crippen molar-refractivity contribution < 1.29 is 22.3 Å². The Morgan fingerprint density at radius 2 is 1.81 bits per heavy atom. The fourth-order valence-electron chi connectivity index (χ4n) is 2.26. The minimum absolute atomic E-state index is 0.00794. The summed E-state index contributed by atoms with van der Waals surface area (Å²) < 4.78 is 45.9. The van der Waals surface area contributed by atoms with Gasteiger partial charge >= 0.3 is 0 Å². The number of amides is 1. The van der Waals surface area contributed by atoms with E-state index in [0.29, 0.717) is 0 Å². The summed E-state index contributed by atoms with van der Waals surface area (Å²) in [6.07, 6.45) is 0. The van der Waals surface area contributed by atoms with E-state index in [1.807, 2.05) is 0 Å². The molecule has 2 rings (SSSR count). The maximum absolute atomic E-state index is 13.4. The highest BCUT2D eigenvalue weighted by atomic mass is 32.2. The number of carbonyl (C=O) groups is 1. The minimum atomic E-state index is -3.75. The zero-order valence-corrected chi connectivity index (χ0v) is 15.8. The Bertz CT molecular complexity index is 921. The molecule has 0 heterocycles. The van der Waals surface area contributed by atoms with Crippen LogP contribution in [-0.2, 0) is 10.0 Å². The summed E-state index contributed by atoms with van der Waals surface area (Å²) in [7, 11) is -2.38. The molecule has 0 saturated carbocycles. The van der Waals surface area contributed by atoms with E-state index in [0.717, 1.165) is 6.07 Å². The van der Waals surface area contributed by atoms with E-state index in [-0.39, 0.29) is 21.9 Å². The van der Waals surface area contributed by atoms with Crippen LogP contribution in [0.5, 0.6) is 5.75 Å². The molecule has 0 radical (unpaired) electrons. The van der Waals surface area contributed by atoms with Crippen molar-refractivity contribution >= 4 is 21.6 Å². The Labute approximate surface area is 152 Å². The number of carbonyl (C=O) groups excluding carboxylic acids is 1. The van der Waals surface area contributed by atoms with Gasteiger partial charge in [0.05, 0.1) is 17.6 Å². The molecule has 1 amide bonds. The highest BCUT2D eigenvalue weighted by molar-refractivity contribution is 7.89. The molecular weight excluding hydrogens is 359 g/mol. The number of rotatable bonds is 5. The van der Waals surface area contributed by atoms with E-state index < -0.39 is 27.3 Å². The third-order valence-electron chi connectivity index (χ3n) is 3.25. The Morgan fingerprint density at radius 1 is 1.12 bits per heavy atom. The first kappa shape index (κ1) is 19.9. The van der Waals surface area contributed by atoms with E-state index in [1.165, 1.54) is 37.4 Å². The number of nitrogens with one attached hydrogen (secondary N) is 2. The quantitative estimate of drug-likeness (QED) is 0.834. The van der Waals surface area contributed by atoms with Crippen LogP contribution in [0.1, 0.15) is 31.1 Å². The smallest absolute Gasteiger partial charge is 0.259 e. The zero-order valence-electron chi connectivity index (χ0n) is 15.0. The Hall–Kier alpha value is -2.45. The fourth-order valence-corrected chi connectivity index (χ4v) is 3.72. The molecule has 8 heteroatoms. The minimum Gasteiger partial charge on any atom is -0.496 e. The van der Waals surface area contributed by atoms with Gasteiger partial charge in [-0.2, -0.15) is 0 Å². The van der Waals surface area contributed by atoms with Gasteiger partial charge in [-0.25, -0.2) is 17.5 Å². The maximum Gasteiger partial charge on any atom is 0.259 e. The molecule has 0 spiro atoms. The molecular formula is C18H21FN2O4S. The number of methoxy groups -OCH3 is 1. The van der Waals surface area contributed by atoms with Crippen LogP contribution in [0.3, 0.4) is 0 Å². The van der Waals surface area contributed by atoms with Crippen molar-refractivity contribution in [1.29, 1.82) is 0 Å². The number of sulfonamides is 1. The lowest BCUT2D eigenvalue weighted by Gasteiger charge is -2.20. The van der Waals surface area contributed by atoms with Gasteiger partial charge in [-0.1, -0.05) is 6.07 Å². The van der Waals surface area contributed by atoms with Crippen molar-refractivity contribution in [3.8, 4) is 5.75 Å². The van der Waals surface area contributed by atoms with Crippen LogP contribution < -0.4 is 14.8 Å². The molecule has 0 aromatic heterocycles. The second-order valence-electron chi connectivity index (χ2n) is 6.68. The molecule has 0 saturated heterocycles. The number of hydrogen-bond acceptors (Lipinski definition) is 4. The Morgan fingerprint density at radius 3 is 2.42 bits per heavy atom. The molecule has 0 unspecified atom stereocenters. The first-order valence-corrected chi connectivity index (χ1v) is 9.29. The zero-order chi connectivity index (χ0) is 19.5. The van der Waals surface area contributed by atoms with Crippen LogP contribution in [0.2, 0.25) is 0 Å². The average Bonchev–Trinajstić information content (AvgIpc) is 2.53. The van der Waals surface area contributed by atoms with Crippen molar-refractivity contribution in [2.45, 2.75) is 31.2 Å². The molecule has 2 aromatic rings. The van der Waals surface area contributed by atoms with Gasteiger partial charge in [-0.15, -0.1) is 0 Å². The lowest BCUT2D eigenvalue weighted by atomic mass is 10.1. The second-order valence-corrected chi connectivity index (χ2v) is 8.36. The fraction of sp³-hybridized carbons (Fsp3) is 0.278. The summed E-state index contributed by atoms with van der Waals surface area (Å²) in [6.45, 7) is 5.19. The average molecular weight is 380 g/mol. The first-order valence-electron chi connectivity index (χ1n) is 7.81. The summed E-state index contributed by atoms with van der Waals surface area (Å²) in [6, 6.07) is 9.38. The van der Waals surface area contributed by atoms with E-state index in [1.54, 1.807) is 26.8 Å². The molecule has 0 atom stereocenters. The normalized spacial score (nSPS) is 11.9. The van der Waals surface area contributed by atoms with E-state index in [2.05, 4.69) is 10.0 Å². The van der Waals surface area contributed by atoms with Crippen LogP contribution in [0.25, 0.3) is 0 Å². The molecule has 0 aliphatic carbocycles. The lowest BCUT2D eigenvalue weighted by Crippen LogP contribution is -2.40. The Kier molecular flexibility index (Phi) is 5.68. The number of anilines is 1. The van der Waals surface area contributed by atoms with Crippen LogP contribution in [-0.4, -0.2) is 27.0 Å². The molecule has 0 bridgehead atoms. The summed E-state index contributed by atoms with van der Waals surface area (Å²) in [5.74, 6) is -0.983. The maximum atomic E-state index is 13.4. The molecule has 0 aliphatic rings. The van der Waals surface area contributed by atoms with Crippen LogP contribution >= 0.6 is 0 Å². The SMILES string of the molecule is COc1ccc(F)cc1C(=O)Nc1cccc(S(=O)(=O)NC(C)(C)C)c1. The molecule has 0 aliphatic heterocycles. The summed E-state index contributed by atoms with van der Waals surface area (Å²) in [4.78, 5) is 12.4. The van der Waals surface area contributed by atoms with Crippen molar-refractivity contribution in [1.82, 2.24) is 4.72 Å². The van der Waals surface area contributed by atoms with Crippen molar-refractivity contribution in [2.24, 2.45) is 0 Å². The van der Waals surface area contributed by atoms with Crippen LogP contribution in [0.4, 0.5) is 10.1 Å². The van der Waals surface area contributed by atoms with E-state index in [4.69, 9.17) is 4.74 Å². The molecule has 0 fully saturated rings. The lowest BCUT2D eigenvalue weighted by molar-refractivity contribution is 0.102. The summed E-state index contributed by atoms with van der Waals surface area (Å²) >= 11 is 0. The van der Waals surface area contributed by atoms with Crippen LogP contribution in [0.15, 0.2) is 47.4 Å². The molecule has 26 heavy (non-hydrogen) atoms. The van der Waals surface area contributed by atoms with Gasteiger partial charge in [0.1, 0.15) is 11.6 Å². The highest BCUT2D eigenvalue weighted by Gasteiger charge is 2.22. The van der Waals surface area contributed by atoms with Gasteiger partial charge in [0.2, 0.25) is 10.0 Å². The van der Waals surface area contributed by atoms with Crippen LogP contribution in [0, 0.1) is 5.82 Å². The van der Waals surface area contributed by atoms with Crippen molar-refractivity contribution in [3.63, 3.8) is 0 Å². The topological polar surface area (TPSA) is 84.5 Å². The number of hydrogen-bond donors (Lipinski definition) is 2. The number of benzene rings is 2. The van der Waals surface area contributed by atoms with Gasteiger partial charge in [-0.3, -0.25) is 4.79 Å². The second kappa shape index (κ2) is 7.43. The van der Waals surface area contributed by atoms with Gasteiger partial charge in [-0.05, 0) is 57.2 Å². The monoisotopic (exact) mass is 380 g/mol. The van der Waals surface area contributed by atoms with Gasteiger partial charge in [0.25, 0.3) is 5.91 Å². The third-order valence-corrected chi connectivity index (χ3v) is 5.00. The summed E-state index contributed by atoms with van der Waals surface area (Å²) in [5.41, 5.74) is -0.376. The van der Waals surface area contributed by atoms with Crippen molar-refractivity contribution in [3.05, 3.63) is 53.8 Å². The third kappa shape index (κ3) is 5.03. The summed E-state index contributed by atoms with van der Waals surface area (Å²) in [5, 5.41) is 2.56. The van der Waals surface area contributed by atoms with Crippen molar-refractivity contribution in [2.75, 3.05) is 12.4 Å². The highest BCUT2D eigenvalue weighted by Crippen LogP contribution is 2.22. The number of ether oxygens (including phenoxy) is 1. The largest absolute Gasteiger partial charge is 0.496 e.